The number of hydrogen-bond donors (Lipinski definition) is 3. The molecular weight excluding hydrogens is 494 g/mol. The average molecular weight is 519 g/mol. The molecule has 2 aromatic heterocycles. The summed E-state index contributed by atoms with van der Waals surface area (Å²) in [5.74, 6) is -2.52. The quantitative estimate of drug-likeness (QED) is 0.409. The molecule has 0 bridgehead atoms. The largest absolute Gasteiger partial charge is 0.493 e. The van der Waals surface area contributed by atoms with Crippen molar-refractivity contribution in [3.8, 4) is 22.8 Å². The van der Waals surface area contributed by atoms with Gasteiger partial charge in [-0.25, -0.2) is 8.78 Å². The zero-order valence-electron chi connectivity index (χ0n) is 19.7. The summed E-state index contributed by atoms with van der Waals surface area (Å²) >= 11 is 6.32. The molecule has 1 fully saturated rings. The number of ether oxygens (including phenoxy) is 3. The van der Waals surface area contributed by atoms with Crippen molar-refractivity contribution in [2.75, 3.05) is 25.6 Å². The molecule has 0 radical (unpaired) electrons. The Bertz CT molecular complexity index is 1300. The van der Waals surface area contributed by atoms with Gasteiger partial charge in [0.05, 0.1) is 47.6 Å². The molecule has 36 heavy (non-hydrogen) atoms. The highest BCUT2D eigenvalue weighted by molar-refractivity contribution is 6.32. The number of nitrogens with one attached hydrogen (secondary N) is 3. The first-order chi connectivity index (χ1) is 17.3. The van der Waals surface area contributed by atoms with E-state index in [0.717, 1.165) is 5.69 Å². The monoisotopic (exact) mass is 518 g/mol. The minimum atomic E-state index is -2.96. The maximum Gasteiger partial charge on any atom is 0.279 e. The molecule has 0 spiro atoms. The highest BCUT2D eigenvalue weighted by atomic mass is 35.5. The van der Waals surface area contributed by atoms with E-state index in [1.807, 2.05) is 6.92 Å². The number of nitrogens with zero attached hydrogens (tertiary/aromatic N) is 1. The minimum absolute atomic E-state index is 0.0207. The zero-order valence-corrected chi connectivity index (χ0v) is 20.4. The maximum absolute atomic E-state index is 14.1. The third-order valence-corrected chi connectivity index (χ3v) is 6.59. The number of aromatic nitrogens is 2. The van der Waals surface area contributed by atoms with E-state index < -0.39 is 12.0 Å². The van der Waals surface area contributed by atoms with Gasteiger partial charge in [-0.2, -0.15) is 0 Å². The number of hydrogen-bond acceptors (Lipinski definition) is 6. The molecule has 4 heterocycles. The molecular formula is C25H25ClF2N4O4. The summed E-state index contributed by atoms with van der Waals surface area (Å²) in [6, 6.07) is 6.86. The molecule has 1 saturated heterocycles. The van der Waals surface area contributed by atoms with Crippen LogP contribution in [0.2, 0.25) is 5.02 Å². The van der Waals surface area contributed by atoms with Gasteiger partial charge >= 0.3 is 0 Å². The van der Waals surface area contributed by atoms with Crippen LogP contribution in [0.1, 0.15) is 29.4 Å². The number of carbonyl (C=O) groups is 1. The molecule has 5 rings (SSSR count). The number of anilines is 2. The fourth-order valence-corrected chi connectivity index (χ4v) is 4.79. The first-order valence-corrected chi connectivity index (χ1v) is 11.9. The molecule has 8 nitrogen and oxygen atoms in total. The Morgan fingerprint density at radius 2 is 2.17 bits per heavy atom. The van der Waals surface area contributed by atoms with Crippen molar-refractivity contribution in [1.82, 2.24) is 15.3 Å². The van der Waals surface area contributed by atoms with Crippen LogP contribution >= 0.6 is 11.6 Å². The van der Waals surface area contributed by atoms with Gasteiger partial charge in [0.25, 0.3) is 11.8 Å². The van der Waals surface area contributed by atoms with Crippen LogP contribution in [0, 0.1) is 0 Å². The van der Waals surface area contributed by atoms with Gasteiger partial charge in [0, 0.05) is 36.3 Å². The van der Waals surface area contributed by atoms with E-state index in [0.29, 0.717) is 45.4 Å². The lowest BCUT2D eigenvalue weighted by Gasteiger charge is -2.21. The van der Waals surface area contributed by atoms with E-state index in [-0.39, 0.29) is 37.3 Å². The van der Waals surface area contributed by atoms with E-state index in [1.165, 1.54) is 13.3 Å². The van der Waals surface area contributed by atoms with Crippen LogP contribution in [0.15, 0.2) is 36.7 Å². The molecule has 1 aromatic carbocycles. The van der Waals surface area contributed by atoms with Crippen LogP contribution in [0.25, 0.3) is 11.3 Å². The number of H-pyrrole nitrogens is 1. The van der Waals surface area contributed by atoms with Gasteiger partial charge in [-0.1, -0.05) is 17.7 Å². The fraction of sp³-hybridized carbons (Fsp3) is 0.360. The molecule has 2 aliphatic heterocycles. The van der Waals surface area contributed by atoms with Crippen LogP contribution in [0.5, 0.6) is 11.5 Å². The summed E-state index contributed by atoms with van der Waals surface area (Å²) in [5.41, 5.74) is 3.30. The topological polar surface area (TPSA) is 97.5 Å². The third-order valence-electron chi connectivity index (χ3n) is 6.29. The summed E-state index contributed by atoms with van der Waals surface area (Å²) in [5, 5.41) is 6.65. The first-order valence-electron chi connectivity index (χ1n) is 11.5. The molecule has 3 aromatic rings. The van der Waals surface area contributed by atoms with E-state index >= 15 is 0 Å². The summed E-state index contributed by atoms with van der Waals surface area (Å²) < 4.78 is 44.6. The Hall–Kier alpha value is -3.37. The Kier molecular flexibility index (Phi) is 6.48. The minimum Gasteiger partial charge on any atom is -0.493 e. The number of halogens is 3. The second-order valence-electron chi connectivity index (χ2n) is 8.81. The van der Waals surface area contributed by atoms with Crippen molar-refractivity contribution >= 4 is 28.9 Å². The van der Waals surface area contributed by atoms with Crippen LogP contribution in [-0.4, -0.2) is 54.3 Å². The number of amides is 1. The van der Waals surface area contributed by atoms with Gasteiger partial charge in [0.15, 0.2) is 11.9 Å². The van der Waals surface area contributed by atoms with Crippen LogP contribution in [0.3, 0.4) is 0 Å². The van der Waals surface area contributed by atoms with Gasteiger partial charge in [-0.3, -0.25) is 9.78 Å². The van der Waals surface area contributed by atoms with Crippen molar-refractivity contribution in [1.29, 1.82) is 0 Å². The normalized spacial score (nSPS) is 20.5. The molecule has 0 saturated carbocycles. The zero-order chi connectivity index (χ0) is 25.4. The van der Waals surface area contributed by atoms with Crippen LogP contribution in [-0.2, 0) is 11.2 Å². The van der Waals surface area contributed by atoms with Gasteiger partial charge in [-0.05, 0) is 25.1 Å². The second-order valence-corrected chi connectivity index (χ2v) is 9.21. The number of pyridine rings is 1. The number of para-hydroxylation sites is 1. The lowest BCUT2D eigenvalue weighted by atomic mass is 10.0. The SMILES string of the molecule is COc1c(Cl)cccc1Nc1c(-c2ccncc2OCC2OCCC2(F)F)[nH]c2c1C(=O)NC(C)C2. The van der Waals surface area contributed by atoms with E-state index in [9.17, 15) is 13.6 Å². The summed E-state index contributed by atoms with van der Waals surface area (Å²) in [7, 11) is 1.50. The number of aromatic amines is 1. The average Bonchev–Trinajstić information content (AvgIpc) is 3.36. The molecule has 2 aliphatic rings. The number of rotatable bonds is 7. The Labute approximate surface area is 211 Å². The van der Waals surface area contributed by atoms with Crippen molar-refractivity contribution in [3.63, 3.8) is 0 Å². The Balaban J connectivity index is 1.58. The highest BCUT2D eigenvalue weighted by Gasteiger charge is 2.46. The summed E-state index contributed by atoms with van der Waals surface area (Å²) in [4.78, 5) is 20.5. The lowest BCUT2D eigenvalue weighted by molar-refractivity contribution is -0.0836. The summed E-state index contributed by atoms with van der Waals surface area (Å²) in [6.07, 6.45) is 1.91. The number of benzene rings is 1. The molecule has 11 heteroatoms. The molecule has 2 atom stereocenters. The predicted molar refractivity (Wildman–Crippen MR) is 131 cm³/mol. The molecule has 3 N–H and O–H groups in total. The number of alkyl halides is 2. The fourth-order valence-electron chi connectivity index (χ4n) is 4.54. The number of methoxy groups -OCH3 is 1. The number of carbonyl (C=O) groups excluding carboxylic acids is 1. The smallest absolute Gasteiger partial charge is 0.279 e. The molecule has 1 amide bonds. The van der Waals surface area contributed by atoms with E-state index in [1.54, 1.807) is 30.5 Å². The van der Waals surface area contributed by atoms with Gasteiger partial charge in [0.2, 0.25) is 0 Å². The van der Waals surface area contributed by atoms with E-state index in [4.69, 9.17) is 25.8 Å². The van der Waals surface area contributed by atoms with Gasteiger partial charge < -0.3 is 29.8 Å². The maximum atomic E-state index is 14.1. The Morgan fingerprint density at radius 1 is 1.33 bits per heavy atom. The standard InChI is InChI=1S/C25H25ClF2N4O4/c1-13-10-17-20(24(33)30-13)22(31-16-5-3-4-15(26)23(16)34-2)21(32-17)14-6-8-29-11-18(14)36-12-19-25(27,28)7-9-35-19/h3-6,8,11,13,19,31-32H,7,9-10,12H2,1-2H3,(H,30,33). The number of fused-ring (bicyclic) bond motifs is 1. The lowest BCUT2D eigenvalue weighted by Crippen LogP contribution is -2.39. The molecule has 0 aliphatic carbocycles. The van der Waals surface area contributed by atoms with Crippen molar-refractivity contribution in [2.24, 2.45) is 0 Å². The Morgan fingerprint density at radius 3 is 2.92 bits per heavy atom. The van der Waals surface area contributed by atoms with Crippen molar-refractivity contribution < 1.29 is 27.8 Å². The van der Waals surface area contributed by atoms with Crippen LogP contribution < -0.4 is 20.1 Å². The molecule has 190 valence electrons. The first kappa shape index (κ1) is 24.3. The van der Waals surface area contributed by atoms with Crippen LogP contribution in [0.4, 0.5) is 20.2 Å². The van der Waals surface area contributed by atoms with Crippen molar-refractivity contribution in [2.45, 2.75) is 37.8 Å². The van der Waals surface area contributed by atoms with Gasteiger partial charge in [0.1, 0.15) is 12.4 Å². The highest BCUT2D eigenvalue weighted by Crippen LogP contribution is 2.43. The second kappa shape index (κ2) is 9.59. The predicted octanol–water partition coefficient (Wildman–Crippen LogP) is 4.96. The summed E-state index contributed by atoms with van der Waals surface area (Å²) in [6.45, 7) is 1.55. The third kappa shape index (κ3) is 4.46. The molecule has 2 unspecified atom stereocenters. The van der Waals surface area contributed by atoms with Crippen molar-refractivity contribution in [3.05, 3.63) is 52.9 Å². The van der Waals surface area contributed by atoms with E-state index in [2.05, 4.69) is 20.6 Å². The van der Waals surface area contributed by atoms with Gasteiger partial charge in [-0.15, -0.1) is 0 Å².